The fraction of sp³-hybridized carbons (Fsp3) is 0.250. The van der Waals surface area contributed by atoms with Crippen LogP contribution in [0.25, 0.3) is 0 Å². The van der Waals surface area contributed by atoms with E-state index in [0.29, 0.717) is 18.1 Å². The van der Waals surface area contributed by atoms with E-state index in [4.69, 9.17) is 15.9 Å². The summed E-state index contributed by atoms with van der Waals surface area (Å²) in [7, 11) is 0. The maximum absolute atomic E-state index is 7.60. The maximum Gasteiger partial charge on any atom is 0.245 e. The molecular weight excluding hydrogens is 248 g/mol. The van der Waals surface area contributed by atoms with Gasteiger partial charge in [0.25, 0.3) is 0 Å². The number of nitrogens with zero attached hydrogens (tertiary/aromatic N) is 2. The van der Waals surface area contributed by atoms with Gasteiger partial charge in [-0.3, -0.25) is 5.41 Å². The summed E-state index contributed by atoms with van der Waals surface area (Å²) in [4.78, 5) is 1.09. The molecule has 0 aliphatic rings. The topological polar surface area (TPSA) is 84.9 Å². The minimum absolute atomic E-state index is 0.0494. The highest BCUT2D eigenvalue weighted by atomic mass is 32.1. The Labute approximate surface area is 109 Å². The van der Waals surface area contributed by atoms with Crippen molar-refractivity contribution in [2.75, 3.05) is 0 Å². The van der Waals surface area contributed by atoms with Gasteiger partial charge in [-0.1, -0.05) is 6.07 Å². The Balaban J connectivity index is 2.27. The number of hydrogen-bond donors (Lipinski definition) is 2. The third-order valence-corrected chi connectivity index (χ3v) is 3.47. The second kappa shape index (κ2) is 5.14. The van der Waals surface area contributed by atoms with Crippen molar-refractivity contribution in [3.63, 3.8) is 0 Å². The minimum atomic E-state index is -0.0494. The molecule has 3 N–H and O–H groups in total. The van der Waals surface area contributed by atoms with Crippen molar-refractivity contribution in [1.29, 1.82) is 5.41 Å². The van der Waals surface area contributed by atoms with E-state index in [1.54, 1.807) is 11.3 Å². The molecule has 0 unspecified atom stereocenters. The zero-order valence-electron chi connectivity index (χ0n) is 10.2. The molecule has 0 bridgehead atoms. The van der Waals surface area contributed by atoms with Gasteiger partial charge in [-0.25, -0.2) is 0 Å². The normalized spacial score (nSPS) is 10.3. The lowest BCUT2D eigenvalue weighted by Crippen LogP contribution is -2.17. The lowest BCUT2D eigenvalue weighted by atomic mass is 10.1. The van der Waals surface area contributed by atoms with E-state index in [9.17, 15) is 0 Å². The summed E-state index contributed by atoms with van der Waals surface area (Å²) in [6.45, 7) is 4.10. The zero-order valence-corrected chi connectivity index (χ0v) is 11.0. The van der Waals surface area contributed by atoms with Crippen molar-refractivity contribution in [1.82, 2.24) is 10.2 Å². The first kappa shape index (κ1) is 12.5. The van der Waals surface area contributed by atoms with Gasteiger partial charge in [0.05, 0.1) is 11.3 Å². The average Bonchev–Trinajstić information content (AvgIpc) is 2.83. The molecule has 2 rings (SSSR count). The summed E-state index contributed by atoms with van der Waals surface area (Å²) in [5.41, 5.74) is 7.68. The highest BCUT2D eigenvalue weighted by Gasteiger charge is 2.15. The molecule has 94 valence electrons. The van der Waals surface area contributed by atoms with Crippen LogP contribution in [0.1, 0.15) is 21.7 Å². The number of nitrogens with one attached hydrogen (secondary N) is 1. The van der Waals surface area contributed by atoms with Gasteiger partial charge in [0, 0.05) is 4.88 Å². The van der Waals surface area contributed by atoms with Gasteiger partial charge in [0.1, 0.15) is 12.4 Å². The van der Waals surface area contributed by atoms with Gasteiger partial charge in [-0.2, -0.15) is 5.10 Å². The molecule has 0 atom stereocenters. The standard InChI is InChI=1S/C12H14N4OS/c1-7-8(2)15-16-12(10(7)11(13)14)17-6-9-4-3-5-18-9/h3-5H,6H2,1-2H3,(H3,13,14). The number of amidine groups is 1. The lowest BCUT2D eigenvalue weighted by Gasteiger charge is -2.11. The van der Waals surface area contributed by atoms with Crippen molar-refractivity contribution in [2.45, 2.75) is 20.5 Å². The predicted octanol–water partition coefficient (Wildman–Crippen LogP) is 2.02. The largest absolute Gasteiger partial charge is 0.470 e. The fourth-order valence-corrected chi connectivity index (χ4v) is 2.16. The molecule has 0 saturated carbocycles. The van der Waals surface area contributed by atoms with E-state index in [-0.39, 0.29) is 5.84 Å². The highest BCUT2D eigenvalue weighted by molar-refractivity contribution is 7.09. The smallest absolute Gasteiger partial charge is 0.245 e. The van der Waals surface area contributed by atoms with Crippen molar-refractivity contribution in [3.05, 3.63) is 39.2 Å². The third-order valence-electron chi connectivity index (χ3n) is 2.62. The predicted molar refractivity (Wildman–Crippen MR) is 71.2 cm³/mol. The molecule has 0 radical (unpaired) electrons. The Bertz CT molecular complexity index is 566. The van der Waals surface area contributed by atoms with Crippen molar-refractivity contribution in [2.24, 2.45) is 5.73 Å². The van der Waals surface area contributed by atoms with Crippen LogP contribution in [0.15, 0.2) is 17.5 Å². The first-order valence-electron chi connectivity index (χ1n) is 5.43. The number of nitrogen functional groups attached to an aromatic ring is 1. The molecule has 6 heteroatoms. The van der Waals surface area contributed by atoms with Crippen molar-refractivity contribution < 1.29 is 4.74 Å². The van der Waals surface area contributed by atoms with Crippen LogP contribution in [0, 0.1) is 19.3 Å². The maximum atomic E-state index is 7.60. The number of ether oxygens (including phenoxy) is 1. The van der Waals surface area contributed by atoms with Gasteiger partial charge in [-0.15, -0.1) is 16.4 Å². The number of hydrogen-bond acceptors (Lipinski definition) is 5. The molecular formula is C12H14N4OS. The van der Waals surface area contributed by atoms with Crippen LogP contribution in [0.5, 0.6) is 5.88 Å². The van der Waals surface area contributed by atoms with E-state index in [1.807, 2.05) is 31.4 Å². The molecule has 0 aliphatic carbocycles. The van der Waals surface area contributed by atoms with Crippen LogP contribution < -0.4 is 10.5 Å². The summed E-state index contributed by atoms with van der Waals surface area (Å²) in [6.07, 6.45) is 0. The van der Waals surface area contributed by atoms with Crippen LogP contribution in [-0.4, -0.2) is 16.0 Å². The summed E-state index contributed by atoms with van der Waals surface area (Å²) in [5.74, 6) is 0.269. The molecule has 0 aromatic carbocycles. The van der Waals surface area contributed by atoms with Gasteiger partial charge in [-0.05, 0) is 30.9 Å². The molecule has 2 aromatic rings. The molecule has 2 heterocycles. The molecule has 18 heavy (non-hydrogen) atoms. The highest BCUT2D eigenvalue weighted by Crippen LogP contribution is 2.21. The Morgan fingerprint density at radius 1 is 1.44 bits per heavy atom. The summed E-state index contributed by atoms with van der Waals surface area (Å²) < 4.78 is 5.59. The summed E-state index contributed by atoms with van der Waals surface area (Å²) >= 11 is 1.61. The molecule has 0 amide bonds. The third kappa shape index (κ3) is 2.48. The van der Waals surface area contributed by atoms with Crippen LogP contribution in [0.3, 0.4) is 0 Å². The van der Waals surface area contributed by atoms with E-state index < -0.39 is 0 Å². The molecule has 5 nitrogen and oxygen atoms in total. The molecule has 0 saturated heterocycles. The Hall–Kier alpha value is -1.95. The second-order valence-corrected chi connectivity index (χ2v) is 4.90. The van der Waals surface area contributed by atoms with Crippen molar-refractivity contribution >= 4 is 17.2 Å². The van der Waals surface area contributed by atoms with Gasteiger partial charge in [0.15, 0.2) is 0 Å². The summed E-state index contributed by atoms with van der Waals surface area (Å²) in [5, 5.41) is 17.6. The number of rotatable bonds is 4. The number of nitrogens with two attached hydrogens (primary N) is 1. The zero-order chi connectivity index (χ0) is 13.1. The van der Waals surface area contributed by atoms with E-state index in [1.165, 1.54) is 0 Å². The van der Waals surface area contributed by atoms with Crippen LogP contribution in [0.4, 0.5) is 0 Å². The first-order valence-corrected chi connectivity index (χ1v) is 6.31. The monoisotopic (exact) mass is 262 g/mol. The van der Waals surface area contributed by atoms with Crippen LogP contribution >= 0.6 is 11.3 Å². The van der Waals surface area contributed by atoms with E-state index in [0.717, 1.165) is 16.1 Å². The van der Waals surface area contributed by atoms with Crippen LogP contribution in [0.2, 0.25) is 0 Å². The molecule has 2 aromatic heterocycles. The number of thiophene rings is 1. The molecule has 0 aliphatic heterocycles. The SMILES string of the molecule is Cc1nnc(OCc2cccs2)c(C(=N)N)c1C. The molecule has 0 spiro atoms. The Kier molecular flexibility index (Phi) is 3.57. The second-order valence-electron chi connectivity index (χ2n) is 3.87. The summed E-state index contributed by atoms with van der Waals surface area (Å²) in [6, 6.07) is 3.94. The van der Waals surface area contributed by atoms with E-state index in [2.05, 4.69) is 10.2 Å². The molecule has 0 fully saturated rings. The van der Waals surface area contributed by atoms with Crippen LogP contribution in [-0.2, 0) is 6.61 Å². The minimum Gasteiger partial charge on any atom is -0.470 e. The van der Waals surface area contributed by atoms with Gasteiger partial charge >= 0.3 is 0 Å². The van der Waals surface area contributed by atoms with Crippen molar-refractivity contribution in [3.8, 4) is 5.88 Å². The Morgan fingerprint density at radius 3 is 2.83 bits per heavy atom. The quantitative estimate of drug-likeness (QED) is 0.652. The number of aromatic nitrogens is 2. The first-order chi connectivity index (χ1) is 8.59. The van der Waals surface area contributed by atoms with Gasteiger partial charge < -0.3 is 10.5 Å². The van der Waals surface area contributed by atoms with E-state index >= 15 is 0 Å². The van der Waals surface area contributed by atoms with Gasteiger partial charge in [0.2, 0.25) is 5.88 Å². The number of aryl methyl sites for hydroxylation is 1. The lowest BCUT2D eigenvalue weighted by molar-refractivity contribution is 0.292. The Morgan fingerprint density at radius 2 is 2.22 bits per heavy atom. The average molecular weight is 262 g/mol. The fourth-order valence-electron chi connectivity index (χ4n) is 1.54.